The van der Waals surface area contributed by atoms with E-state index in [9.17, 15) is 19.2 Å². The quantitative estimate of drug-likeness (QED) is 0.0941. The van der Waals surface area contributed by atoms with Crippen molar-refractivity contribution in [2.45, 2.75) is 90.6 Å². The summed E-state index contributed by atoms with van der Waals surface area (Å²) in [6, 6.07) is 0. The predicted octanol–water partition coefficient (Wildman–Crippen LogP) is 7.04. The van der Waals surface area contributed by atoms with Crippen LogP contribution in [0.15, 0.2) is 0 Å². The second kappa shape index (κ2) is 28.5. The molecule has 42 heavy (non-hydrogen) atoms. The molecule has 12 nitrogen and oxygen atoms in total. The monoisotopic (exact) mass is 708 g/mol. The van der Waals surface area contributed by atoms with Crippen LogP contribution < -0.4 is 16.0 Å². The summed E-state index contributed by atoms with van der Waals surface area (Å²) < 4.78 is 19.1. The number of amides is 3. The molecular formula is C25H49Cl5N4O8. The third-order valence-corrected chi connectivity index (χ3v) is 3.71. The number of alkyl halides is 4. The number of alkyl carbamates (subject to hydrolysis) is 2. The summed E-state index contributed by atoms with van der Waals surface area (Å²) in [5, 5.41) is 8.47. The largest absolute Gasteiger partial charge is 0.444 e. The first-order chi connectivity index (χ1) is 19.1. The third-order valence-electron chi connectivity index (χ3n) is 3.44. The Morgan fingerprint density at radius 2 is 1.14 bits per heavy atom. The van der Waals surface area contributed by atoms with Gasteiger partial charge in [-0.15, -0.1) is 23.2 Å². The maximum Gasteiger partial charge on any atom is 0.410 e. The Balaban J connectivity index is -0.000000270. The zero-order valence-corrected chi connectivity index (χ0v) is 30.0. The summed E-state index contributed by atoms with van der Waals surface area (Å²) in [5.74, 6) is 0. The van der Waals surface area contributed by atoms with Crippen LogP contribution in [-0.2, 0) is 18.9 Å². The van der Waals surface area contributed by atoms with Gasteiger partial charge in [-0.25, -0.2) is 19.2 Å². The van der Waals surface area contributed by atoms with E-state index in [1.54, 1.807) is 34.7 Å². The number of hydrogen-bond acceptors (Lipinski definition) is 9. The number of halogens is 5. The molecule has 3 N–H and O–H groups in total. The fourth-order valence-electron chi connectivity index (χ4n) is 2.04. The first-order valence-corrected chi connectivity index (χ1v) is 15.2. The van der Waals surface area contributed by atoms with E-state index in [2.05, 4.69) is 20.7 Å². The number of rotatable bonds is 10. The Bertz CT molecular complexity index is 722. The molecule has 0 spiro atoms. The van der Waals surface area contributed by atoms with E-state index in [0.717, 1.165) is 13.0 Å². The predicted molar refractivity (Wildman–Crippen MR) is 170 cm³/mol. The second-order valence-corrected chi connectivity index (χ2v) is 12.4. The van der Waals surface area contributed by atoms with E-state index in [1.165, 1.54) is 11.8 Å². The zero-order valence-electron chi connectivity index (χ0n) is 26.2. The molecule has 0 aliphatic heterocycles. The second-order valence-electron chi connectivity index (χ2n) is 10.0. The first kappa shape index (κ1) is 47.6. The molecule has 0 aromatic heterocycles. The average molecular weight is 711 g/mol. The van der Waals surface area contributed by atoms with Gasteiger partial charge in [0.15, 0.2) is 11.1 Å². The Morgan fingerprint density at radius 1 is 0.762 bits per heavy atom. The van der Waals surface area contributed by atoms with E-state index in [0.29, 0.717) is 26.1 Å². The van der Waals surface area contributed by atoms with Gasteiger partial charge in [-0.2, -0.15) is 0 Å². The lowest BCUT2D eigenvalue weighted by Crippen LogP contribution is -2.35. The summed E-state index contributed by atoms with van der Waals surface area (Å²) in [5.41, 5.74) is -3.09. The minimum Gasteiger partial charge on any atom is -0.444 e. The molecule has 0 radical (unpaired) electrons. The van der Waals surface area contributed by atoms with Crippen LogP contribution in [0.25, 0.3) is 0 Å². The molecule has 2 unspecified atom stereocenters. The van der Waals surface area contributed by atoms with Gasteiger partial charge in [0.25, 0.3) is 0 Å². The Hall–Kier alpha value is -1.31. The smallest absolute Gasteiger partial charge is 0.410 e. The first-order valence-electron chi connectivity index (χ1n) is 12.9. The number of hydrogen-bond donors (Lipinski definition) is 3. The highest BCUT2D eigenvalue weighted by Crippen LogP contribution is 2.07. The zero-order chi connectivity index (χ0) is 33.9. The lowest BCUT2D eigenvalue weighted by Gasteiger charge is -2.20. The molecule has 17 heteroatoms. The molecule has 0 aliphatic carbocycles. The number of nitrogens with one attached hydrogen (secondary N) is 3. The van der Waals surface area contributed by atoms with Gasteiger partial charge in [-0.05, 0) is 81.8 Å². The van der Waals surface area contributed by atoms with E-state index < -0.39 is 39.9 Å². The van der Waals surface area contributed by atoms with Crippen LogP contribution in [0.5, 0.6) is 0 Å². The SMILES string of the molecule is CC(Cl)OC(=O)Cl.CC(Cl)OC(=O)N(C)CCCNC(=O)OC(C)(C)C.CNCCCNC(=O)OC(C)(C)C.ClCCl. The van der Waals surface area contributed by atoms with Crippen LogP contribution >= 0.6 is 58.0 Å². The molecule has 0 saturated heterocycles. The van der Waals surface area contributed by atoms with Crippen molar-refractivity contribution in [2.24, 2.45) is 0 Å². The molecule has 3 amide bonds. The van der Waals surface area contributed by atoms with Gasteiger partial charge >= 0.3 is 23.7 Å². The Labute approximate surface area is 276 Å². The van der Waals surface area contributed by atoms with E-state index in [4.69, 9.17) is 72.2 Å². The molecule has 0 rings (SSSR count). The molecule has 0 saturated carbocycles. The molecule has 0 aromatic carbocycles. The maximum atomic E-state index is 11.4. The number of ether oxygens (including phenoxy) is 4. The minimum atomic E-state index is -0.873. The van der Waals surface area contributed by atoms with Crippen molar-refractivity contribution < 1.29 is 38.1 Å². The van der Waals surface area contributed by atoms with Crippen LogP contribution in [-0.4, -0.2) is 96.6 Å². The molecule has 252 valence electrons. The van der Waals surface area contributed by atoms with Crippen molar-refractivity contribution in [2.75, 3.05) is 45.6 Å². The summed E-state index contributed by atoms with van der Waals surface area (Å²) in [6.45, 7) is 16.4. The molecule has 0 aromatic rings. The van der Waals surface area contributed by atoms with Crippen molar-refractivity contribution in [1.29, 1.82) is 0 Å². The summed E-state index contributed by atoms with van der Waals surface area (Å²) in [6.07, 6.45) is 0.215. The van der Waals surface area contributed by atoms with Gasteiger partial charge in [-0.3, -0.25) is 0 Å². The number of carbonyl (C=O) groups is 4. The Kier molecular flexibility index (Phi) is 32.3. The van der Waals surface area contributed by atoms with E-state index in [-0.39, 0.29) is 11.4 Å². The van der Waals surface area contributed by atoms with Crippen molar-refractivity contribution in [3.63, 3.8) is 0 Å². The van der Waals surface area contributed by atoms with Crippen molar-refractivity contribution in [3.05, 3.63) is 0 Å². The molecule has 2 atom stereocenters. The highest BCUT2D eigenvalue weighted by atomic mass is 35.5. The van der Waals surface area contributed by atoms with Crippen molar-refractivity contribution in [3.8, 4) is 0 Å². The summed E-state index contributed by atoms with van der Waals surface area (Å²) in [4.78, 5) is 44.9. The molecule has 0 aliphatic rings. The van der Waals surface area contributed by atoms with E-state index >= 15 is 0 Å². The Morgan fingerprint density at radius 3 is 1.43 bits per heavy atom. The van der Waals surface area contributed by atoms with Gasteiger partial charge in [0.2, 0.25) is 0 Å². The fraction of sp³-hybridized carbons (Fsp3) is 0.840. The molecule has 0 bridgehead atoms. The van der Waals surface area contributed by atoms with Gasteiger partial charge in [0, 0.05) is 38.3 Å². The molecular weight excluding hydrogens is 662 g/mol. The highest BCUT2D eigenvalue weighted by molar-refractivity contribution is 6.61. The summed E-state index contributed by atoms with van der Waals surface area (Å²) in [7, 11) is 3.49. The minimum absolute atomic E-state index is 0.194. The highest BCUT2D eigenvalue weighted by Gasteiger charge is 2.17. The standard InChI is InChI=1S/C12H23ClN2O4.C9H20N2O2.C3H4Cl2O2.CH2Cl2/c1-9(13)18-11(17)15(5)8-6-7-14-10(16)19-12(2,3)4;1-9(2,3)13-8(12)11-7-5-6-10-4;1-2(4)7-3(5)6;2-1-3/h9H,6-8H2,1-5H3,(H,14,16);10H,5-7H2,1-4H3,(H,11,12);2H,1H3;1H2. The molecule has 0 fully saturated rings. The fourth-order valence-corrected chi connectivity index (χ4v) is 2.37. The van der Waals surface area contributed by atoms with Crippen LogP contribution in [0.2, 0.25) is 0 Å². The topological polar surface area (TPSA) is 145 Å². The van der Waals surface area contributed by atoms with E-state index in [1.807, 2.05) is 27.8 Å². The van der Waals surface area contributed by atoms with Gasteiger partial charge in [-0.1, -0.05) is 23.2 Å². The van der Waals surface area contributed by atoms with Crippen LogP contribution in [0.4, 0.5) is 19.2 Å². The normalized spacial score (nSPS) is 11.7. The molecule has 0 heterocycles. The van der Waals surface area contributed by atoms with Gasteiger partial charge < -0.3 is 39.8 Å². The maximum absolute atomic E-state index is 11.4. The third kappa shape index (κ3) is 48.4. The number of carbonyl (C=O) groups excluding carboxylic acids is 4. The average Bonchev–Trinajstić information content (AvgIpc) is 2.77. The van der Waals surface area contributed by atoms with Gasteiger partial charge in [0.05, 0.1) is 5.34 Å². The summed E-state index contributed by atoms with van der Waals surface area (Å²) >= 11 is 24.9. The van der Waals surface area contributed by atoms with Crippen LogP contribution in [0, 0.1) is 0 Å². The lowest BCUT2D eigenvalue weighted by atomic mass is 10.2. The van der Waals surface area contributed by atoms with Gasteiger partial charge in [0.1, 0.15) is 11.2 Å². The van der Waals surface area contributed by atoms with Crippen LogP contribution in [0.3, 0.4) is 0 Å². The number of nitrogens with zero attached hydrogens (tertiary/aromatic N) is 1. The lowest BCUT2D eigenvalue weighted by molar-refractivity contribution is 0.0514. The van der Waals surface area contributed by atoms with Crippen LogP contribution in [0.1, 0.15) is 68.2 Å². The van der Waals surface area contributed by atoms with Crippen molar-refractivity contribution in [1.82, 2.24) is 20.9 Å². The van der Waals surface area contributed by atoms with Crippen molar-refractivity contribution >= 4 is 81.7 Å².